The first kappa shape index (κ1) is 23.7. The highest BCUT2D eigenvalue weighted by Gasteiger charge is 2.39. The predicted molar refractivity (Wildman–Crippen MR) is 128 cm³/mol. The molecular weight excluding hydrogens is 464 g/mol. The SMILES string of the molecule is CNC(=O)[C@@H]1CC(O)C(n2cnc3c(N)nc(C#CCN(C(=O)c4ccccn4)C4CCC4)nc32)O1. The summed E-state index contributed by atoms with van der Waals surface area (Å²) in [6, 6.07) is 5.36. The molecule has 2 fully saturated rings. The number of imidazole rings is 1. The summed E-state index contributed by atoms with van der Waals surface area (Å²) in [5.41, 5.74) is 7.14. The average Bonchev–Trinajstić information content (AvgIpc) is 3.45. The lowest BCUT2D eigenvalue weighted by Gasteiger charge is -2.36. The van der Waals surface area contributed by atoms with Crippen molar-refractivity contribution in [2.75, 3.05) is 19.3 Å². The Morgan fingerprint density at radius 2 is 2.14 bits per heavy atom. The monoisotopic (exact) mass is 490 g/mol. The van der Waals surface area contributed by atoms with Crippen LogP contribution in [0.1, 0.15) is 48.2 Å². The van der Waals surface area contributed by atoms with Gasteiger partial charge in [-0.15, -0.1) is 0 Å². The zero-order valence-corrected chi connectivity index (χ0v) is 19.7. The van der Waals surface area contributed by atoms with Crippen molar-refractivity contribution in [1.82, 2.24) is 34.7 Å². The summed E-state index contributed by atoms with van der Waals surface area (Å²) in [4.78, 5) is 43.8. The number of aliphatic hydroxyl groups excluding tert-OH is 1. The lowest BCUT2D eigenvalue weighted by molar-refractivity contribution is -0.134. The molecule has 0 aromatic carbocycles. The maximum atomic E-state index is 13.0. The van der Waals surface area contributed by atoms with Gasteiger partial charge < -0.3 is 25.8 Å². The fraction of sp³-hybridized carbons (Fsp3) is 0.417. The van der Waals surface area contributed by atoms with Gasteiger partial charge in [0, 0.05) is 25.7 Å². The van der Waals surface area contributed by atoms with Gasteiger partial charge in [0.15, 0.2) is 17.7 Å². The fourth-order valence-corrected chi connectivity index (χ4v) is 4.32. The van der Waals surface area contributed by atoms with Crippen LogP contribution in [0.4, 0.5) is 5.82 Å². The van der Waals surface area contributed by atoms with Gasteiger partial charge >= 0.3 is 0 Å². The molecule has 4 heterocycles. The Hall–Kier alpha value is -4.08. The van der Waals surface area contributed by atoms with Gasteiger partial charge in [0.05, 0.1) is 12.9 Å². The van der Waals surface area contributed by atoms with Gasteiger partial charge in [0.1, 0.15) is 23.4 Å². The van der Waals surface area contributed by atoms with E-state index in [2.05, 4.69) is 37.1 Å². The van der Waals surface area contributed by atoms with E-state index >= 15 is 0 Å². The number of likely N-dealkylation sites (N-methyl/N-ethyl adjacent to an activating group) is 1. The Morgan fingerprint density at radius 3 is 2.83 bits per heavy atom. The number of rotatable bonds is 5. The number of hydrogen-bond donors (Lipinski definition) is 3. The predicted octanol–water partition coefficient (Wildman–Crippen LogP) is 0.244. The molecule has 5 rings (SSSR count). The molecule has 0 bridgehead atoms. The van der Waals surface area contributed by atoms with Crippen LogP contribution in [0, 0.1) is 11.8 Å². The van der Waals surface area contributed by atoms with Gasteiger partial charge in [-0.25, -0.2) is 15.0 Å². The van der Waals surface area contributed by atoms with Crippen molar-refractivity contribution in [3.05, 3.63) is 42.2 Å². The molecule has 186 valence electrons. The molecule has 1 aliphatic heterocycles. The highest BCUT2D eigenvalue weighted by atomic mass is 16.5. The number of pyridine rings is 1. The Labute approximate surface area is 206 Å². The van der Waals surface area contributed by atoms with Crippen LogP contribution in [0.2, 0.25) is 0 Å². The fourth-order valence-electron chi connectivity index (χ4n) is 4.32. The minimum Gasteiger partial charge on any atom is -0.388 e. The Bertz CT molecular complexity index is 1340. The van der Waals surface area contributed by atoms with E-state index in [0.29, 0.717) is 16.9 Å². The third kappa shape index (κ3) is 4.46. The topological polar surface area (TPSA) is 161 Å². The van der Waals surface area contributed by atoms with Gasteiger partial charge in [0.2, 0.25) is 11.7 Å². The number of ether oxygens (including phenoxy) is 1. The number of amides is 2. The van der Waals surface area contributed by atoms with Crippen LogP contribution < -0.4 is 11.1 Å². The van der Waals surface area contributed by atoms with Gasteiger partial charge in [-0.05, 0) is 37.3 Å². The third-order valence-electron chi connectivity index (χ3n) is 6.46. The lowest BCUT2D eigenvalue weighted by Crippen LogP contribution is -2.44. The smallest absolute Gasteiger partial charge is 0.273 e. The summed E-state index contributed by atoms with van der Waals surface area (Å²) in [7, 11) is 1.51. The minimum absolute atomic E-state index is 0.123. The molecule has 2 unspecified atom stereocenters. The molecule has 12 heteroatoms. The van der Waals surface area contributed by atoms with Crippen molar-refractivity contribution < 1.29 is 19.4 Å². The van der Waals surface area contributed by atoms with Crippen molar-refractivity contribution in [2.45, 2.75) is 50.2 Å². The molecule has 3 aromatic heterocycles. The van der Waals surface area contributed by atoms with Crippen LogP contribution >= 0.6 is 0 Å². The first-order valence-corrected chi connectivity index (χ1v) is 11.7. The number of aromatic nitrogens is 5. The number of nitrogens with zero attached hydrogens (tertiary/aromatic N) is 6. The third-order valence-corrected chi connectivity index (χ3v) is 6.46. The molecule has 1 saturated carbocycles. The second-order valence-electron chi connectivity index (χ2n) is 8.72. The first-order chi connectivity index (χ1) is 17.5. The molecule has 0 spiro atoms. The number of carbonyl (C=O) groups excluding carboxylic acids is 2. The van der Waals surface area contributed by atoms with Crippen LogP contribution in [-0.4, -0.2) is 78.2 Å². The van der Waals surface area contributed by atoms with Crippen molar-refractivity contribution in [3.63, 3.8) is 0 Å². The number of nitrogen functional groups attached to an aromatic ring is 1. The number of nitrogens with two attached hydrogens (primary N) is 1. The van der Waals surface area contributed by atoms with E-state index < -0.39 is 18.4 Å². The van der Waals surface area contributed by atoms with E-state index in [1.54, 1.807) is 29.3 Å². The molecule has 3 aromatic rings. The standard InChI is InChI=1S/C24H26N8O4/c1-26-22(34)17-12-16(33)24(36-17)32-13-28-19-20(25)29-18(30-21(19)32)9-5-11-31(14-6-4-7-14)23(35)15-8-2-3-10-27-15/h2-3,8,10,13-14,16-17,24,33H,4,6-7,11-12H2,1H3,(H,26,34)(H2,25,29,30)/t16?,17-,24?/m0/s1. The van der Waals surface area contributed by atoms with Gasteiger partial charge in [-0.3, -0.25) is 19.1 Å². The number of nitrogens with one attached hydrogen (secondary N) is 1. The normalized spacial score (nSPS) is 21.4. The quantitative estimate of drug-likeness (QED) is 0.426. The molecule has 3 atom stereocenters. The summed E-state index contributed by atoms with van der Waals surface area (Å²) in [5, 5.41) is 13.0. The van der Waals surface area contributed by atoms with Gasteiger partial charge in [-0.1, -0.05) is 12.0 Å². The summed E-state index contributed by atoms with van der Waals surface area (Å²) < 4.78 is 7.28. The second kappa shape index (κ2) is 9.88. The van der Waals surface area contributed by atoms with Crippen LogP contribution in [-0.2, 0) is 9.53 Å². The molecule has 1 aliphatic carbocycles. The highest BCUT2D eigenvalue weighted by Crippen LogP contribution is 2.32. The zero-order chi connectivity index (χ0) is 25.2. The number of anilines is 1. The van der Waals surface area contributed by atoms with Crippen LogP contribution in [0.5, 0.6) is 0 Å². The molecule has 2 aliphatic rings. The Balaban J connectivity index is 1.39. The summed E-state index contributed by atoms with van der Waals surface area (Å²) in [5.74, 6) is 5.68. The first-order valence-electron chi connectivity index (χ1n) is 11.7. The second-order valence-corrected chi connectivity index (χ2v) is 8.72. The molecule has 36 heavy (non-hydrogen) atoms. The van der Waals surface area contributed by atoms with Crippen molar-refractivity contribution in [1.29, 1.82) is 0 Å². The molecule has 4 N–H and O–H groups in total. The summed E-state index contributed by atoms with van der Waals surface area (Å²) in [6.45, 7) is 0.193. The van der Waals surface area contributed by atoms with Gasteiger partial charge in [-0.2, -0.15) is 0 Å². The van der Waals surface area contributed by atoms with E-state index in [9.17, 15) is 14.7 Å². The maximum absolute atomic E-state index is 13.0. The number of carbonyl (C=O) groups is 2. The van der Waals surface area contributed by atoms with E-state index in [1.165, 1.54) is 17.9 Å². The van der Waals surface area contributed by atoms with Crippen LogP contribution in [0.25, 0.3) is 11.2 Å². The van der Waals surface area contributed by atoms with E-state index in [1.807, 2.05) is 0 Å². The highest BCUT2D eigenvalue weighted by molar-refractivity contribution is 5.92. The molecule has 1 saturated heterocycles. The van der Waals surface area contributed by atoms with Crippen LogP contribution in [0.15, 0.2) is 30.7 Å². The Morgan fingerprint density at radius 1 is 1.31 bits per heavy atom. The maximum Gasteiger partial charge on any atom is 0.273 e. The molecule has 2 amide bonds. The molecule has 0 radical (unpaired) electrons. The number of aliphatic hydroxyl groups is 1. The Kier molecular flexibility index (Phi) is 6.49. The molecule has 12 nitrogen and oxygen atoms in total. The minimum atomic E-state index is -0.941. The lowest BCUT2D eigenvalue weighted by atomic mass is 9.91. The van der Waals surface area contributed by atoms with Crippen molar-refractivity contribution >= 4 is 28.8 Å². The largest absolute Gasteiger partial charge is 0.388 e. The molecular formula is C24H26N8O4. The van der Waals surface area contributed by atoms with Crippen LogP contribution in [0.3, 0.4) is 0 Å². The van der Waals surface area contributed by atoms with Crippen molar-refractivity contribution in [3.8, 4) is 11.8 Å². The van der Waals surface area contributed by atoms with E-state index in [0.717, 1.165) is 19.3 Å². The number of fused-ring (bicyclic) bond motifs is 1. The van der Waals surface area contributed by atoms with E-state index in [4.69, 9.17) is 10.5 Å². The summed E-state index contributed by atoms with van der Waals surface area (Å²) in [6.07, 6.45) is 3.50. The van der Waals surface area contributed by atoms with E-state index in [-0.39, 0.29) is 42.5 Å². The summed E-state index contributed by atoms with van der Waals surface area (Å²) >= 11 is 0. The zero-order valence-electron chi connectivity index (χ0n) is 19.7. The van der Waals surface area contributed by atoms with Crippen molar-refractivity contribution in [2.24, 2.45) is 0 Å². The van der Waals surface area contributed by atoms with Gasteiger partial charge in [0.25, 0.3) is 5.91 Å². The number of hydrogen-bond acceptors (Lipinski definition) is 9. The average molecular weight is 491 g/mol.